The molecule has 2 aromatic rings. The van der Waals surface area contributed by atoms with Crippen LogP contribution in [-0.2, 0) is 7.05 Å². The molecule has 0 saturated carbocycles. The van der Waals surface area contributed by atoms with E-state index in [-0.39, 0.29) is 5.56 Å². The van der Waals surface area contributed by atoms with Gasteiger partial charge in [-0.3, -0.25) is 4.98 Å². The summed E-state index contributed by atoms with van der Waals surface area (Å²) in [5.74, 6) is -0.980. The van der Waals surface area contributed by atoms with E-state index in [4.69, 9.17) is 5.11 Å². The van der Waals surface area contributed by atoms with Crippen molar-refractivity contribution in [1.29, 1.82) is 0 Å². The number of nitrogens with zero attached hydrogens (tertiary/aromatic N) is 4. The summed E-state index contributed by atoms with van der Waals surface area (Å²) < 4.78 is 1.71. The van der Waals surface area contributed by atoms with Crippen molar-refractivity contribution < 1.29 is 9.90 Å². The van der Waals surface area contributed by atoms with Crippen molar-refractivity contribution in [3.8, 4) is 0 Å². The summed E-state index contributed by atoms with van der Waals surface area (Å²) in [6.07, 6.45) is 4.51. The van der Waals surface area contributed by atoms with Crippen molar-refractivity contribution in [2.75, 3.05) is 0 Å². The zero-order valence-corrected chi connectivity index (χ0v) is 9.18. The first-order chi connectivity index (χ1) is 7.68. The Kier molecular flexibility index (Phi) is 2.86. The Hall–Kier alpha value is -1.89. The number of aromatic carboxylic acids is 1. The number of carboxylic acid groups (broad SMARTS) is 1. The van der Waals surface area contributed by atoms with Gasteiger partial charge in [-0.1, -0.05) is 0 Å². The van der Waals surface area contributed by atoms with Gasteiger partial charge in [0.25, 0.3) is 0 Å². The molecule has 0 bridgehead atoms. The number of hydrogen-bond donors (Lipinski definition) is 1. The summed E-state index contributed by atoms with van der Waals surface area (Å²) in [7, 11) is 1.79. The quantitative estimate of drug-likeness (QED) is 0.858. The van der Waals surface area contributed by atoms with Gasteiger partial charge in [0.1, 0.15) is 6.33 Å². The van der Waals surface area contributed by atoms with Crippen LogP contribution in [0.25, 0.3) is 0 Å². The molecule has 0 aliphatic heterocycles. The van der Waals surface area contributed by atoms with Gasteiger partial charge in [-0.15, -0.1) is 10.2 Å². The van der Waals surface area contributed by atoms with E-state index < -0.39 is 5.97 Å². The number of carbonyl (C=O) groups is 1. The van der Waals surface area contributed by atoms with E-state index >= 15 is 0 Å². The maximum absolute atomic E-state index is 11.0. The predicted octanol–water partition coefficient (Wildman–Crippen LogP) is 1.06. The van der Waals surface area contributed by atoms with Crippen molar-refractivity contribution in [1.82, 2.24) is 19.7 Å². The Morgan fingerprint density at radius 3 is 3.00 bits per heavy atom. The Bertz CT molecular complexity index is 526. The van der Waals surface area contributed by atoms with Crippen LogP contribution in [0.15, 0.2) is 34.8 Å². The first-order valence-electron chi connectivity index (χ1n) is 4.37. The van der Waals surface area contributed by atoms with Crippen LogP contribution in [-0.4, -0.2) is 30.8 Å². The molecule has 2 aromatic heterocycles. The Balaban J connectivity index is 2.35. The molecule has 0 aliphatic carbocycles. The van der Waals surface area contributed by atoms with Gasteiger partial charge >= 0.3 is 5.97 Å². The molecule has 0 saturated heterocycles. The standard InChI is InChI=1S/C9H8N4O2S/c1-13-5-11-12-9(13)16-7-4-10-3-2-6(7)8(14)15/h2-5H,1H3,(H,14,15). The molecule has 6 nitrogen and oxygen atoms in total. The molecular formula is C9H8N4O2S. The fourth-order valence-electron chi connectivity index (χ4n) is 1.10. The van der Waals surface area contributed by atoms with Crippen LogP contribution in [0, 0.1) is 0 Å². The highest BCUT2D eigenvalue weighted by atomic mass is 32.2. The topological polar surface area (TPSA) is 80.9 Å². The van der Waals surface area contributed by atoms with Crippen molar-refractivity contribution in [2.45, 2.75) is 10.1 Å². The minimum absolute atomic E-state index is 0.211. The lowest BCUT2D eigenvalue weighted by molar-refractivity contribution is 0.0693. The van der Waals surface area contributed by atoms with Gasteiger partial charge in [-0.05, 0) is 17.8 Å². The van der Waals surface area contributed by atoms with Gasteiger partial charge in [-0.25, -0.2) is 4.79 Å². The summed E-state index contributed by atoms with van der Waals surface area (Å²) in [6, 6.07) is 1.46. The van der Waals surface area contributed by atoms with Gasteiger partial charge in [0.2, 0.25) is 0 Å². The average Bonchev–Trinajstić information content (AvgIpc) is 2.65. The van der Waals surface area contributed by atoms with Crippen molar-refractivity contribution in [2.24, 2.45) is 7.05 Å². The number of rotatable bonds is 3. The molecule has 82 valence electrons. The van der Waals surface area contributed by atoms with Crippen LogP contribution >= 0.6 is 11.8 Å². The molecule has 2 rings (SSSR count). The molecule has 2 heterocycles. The molecule has 0 fully saturated rings. The minimum Gasteiger partial charge on any atom is -0.478 e. The molecule has 0 spiro atoms. The molecule has 0 amide bonds. The highest BCUT2D eigenvalue weighted by Gasteiger charge is 2.13. The summed E-state index contributed by atoms with van der Waals surface area (Å²) in [5, 5.41) is 17.2. The van der Waals surface area contributed by atoms with E-state index in [1.165, 1.54) is 30.2 Å². The maximum Gasteiger partial charge on any atom is 0.336 e. The van der Waals surface area contributed by atoms with Crippen molar-refractivity contribution >= 4 is 17.7 Å². The fraction of sp³-hybridized carbons (Fsp3) is 0.111. The zero-order chi connectivity index (χ0) is 11.5. The Labute approximate surface area is 95.3 Å². The third-order valence-electron chi connectivity index (χ3n) is 1.89. The van der Waals surface area contributed by atoms with Crippen LogP contribution < -0.4 is 0 Å². The van der Waals surface area contributed by atoms with Gasteiger partial charge in [0.05, 0.1) is 5.56 Å². The largest absolute Gasteiger partial charge is 0.478 e. The second-order valence-electron chi connectivity index (χ2n) is 3.00. The van der Waals surface area contributed by atoms with Gasteiger partial charge in [0.15, 0.2) is 5.16 Å². The Morgan fingerprint density at radius 2 is 2.38 bits per heavy atom. The number of carboxylic acids is 1. The SMILES string of the molecule is Cn1cnnc1Sc1cnccc1C(=O)O. The van der Waals surface area contributed by atoms with E-state index in [0.717, 1.165) is 0 Å². The van der Waals surface area contributed by atoms with E-state index in [1.807, 2.05) is 0 Å². The molecule has 7 heteroatoms. The second kappa shape index (κ2) is 4.31. The van der Waals surface area contributed by atoms with Crippen LogP contribution in [0.3, 0.4) is 0 Å². The smallest absolute Gasteiger partial charge is 0.336 e. The molecule has 0 aliphatic rings. The zero-order valence-electron chi connectivity index (χ0n) is 8.36. The van der Waals surface area contributed by atoms with E-state index in [1.54, 1.807) is 17.9 Å². The van der Waals surface area contributed by atoms with Crippen molar-refractivity contribution in [3.63, 3.8) is 0 Å². The normalized spacial score (nSPS) is 10.3. The van der Waals surface area contributed by atoms with E-state index in [0.29, 0.717) is 10.1 Å². The van der Waals surface area contributed by atoms with Crippen LogP contribution in [0.4, 0.5) is 0 Å². The molecule has 16 heavy (non-hydrogen) atoms. The summed E-state index contributed by atoms with van der Waals surface area (Å²) in [4.78, 5) is 15.4. The number of pyridine rings is 1. The van der Waals surface area contributed by atoms with Crippen LogP contribution in [0.5, 0.6) is 0 Å². The molecule has 0 atom stereocenters. The minimum atomic E-state index is -0.980. The summed E-state index contributed by atoms with van der Waals surface area (Å²) in [6.45, 7) is 0. The Morgan fingerprint density at radius 1 is 1.56 bits per heavy atom. The molecular weight excluding hydrogens is 228 g/mol. The highest BCUT2D eigenvalue weighted by Crippen LogP contribution is 2.27. The van der Waals surface area contributed by atoms with Crippen LogP contribution in [0.2, 0.25) is 0 Å². The lowest BCUT2D eigenvalue weighted by Crippen LogP contribution is -2.00. The fourth-order valence-corrected chi connectivity index (χ4v) is 1.96. The summed E-state index contributed by atoms with van der Waals surface area (Å²) in [5.41, 5.74) is 0.211. The monoisotopic (exact) mass is 236 g/mol. The number of aryl methyl sites for hydroxylation is 1. The maximum atomic E-state index is 11.0. The van der Waals surface area contributed by atoms with E-state index in [2.05, 4.69) is 15.2 Å². The van der Waals surface area contributed by atoms with Gasteiger partial charge < -0.3 is 9.67 Å². The van der Waals surface area contributed by atoms with Gasteiger partial charge in [0, 0.05) is 24.3 Å². The first-order valence-corrected chi connectivity index (χ1v) is 5.19. The molecule has 0 aromatic carbocycles. The molecule has 0 radical (unpaired) electrons. The molecule has 1 N–H and O–H groups in total. The lowest BCUT2D eigenvalue weighted by atomic mass is 10.3. The molecule has 0 unspecified atom stereocenters. The average molecular weight is 236 g/mol. The van der Waals surface area contributed by atoms with Crippen molar-refractivity contribution in [3.05, 3.63) is 30.4 Å². The third kappa shape index (κ3) is 2.03. The number of aromatic nitrogens is 4. The first kappa shape index (κ1) is 10.6. The predicted molar refractivity (Wildman–Crippen MR) is 56.3 cm³/mol. The van der Waals surface area contributed by atoms with Gasteiger partial charge in [-0.2, -0.15) is 0 Å². The second-order valence-corrected chi connectivity index (χ2v) is 4.01. The van der Waals surface area contributed by atoms with Crippen LogP contribution in [0.1, 0.15) is 10.4 Å². The van der Waals surface area contributed by atoms with E-state index in [9.17, 15) is 4.79 Å². The lowest BCUT2D eigenvalue weighted by Gasteiger charge is -2.03. The third-order valence-corrected chi connectivity index (χ3v) is 2.98. The number of hydrogen-bond acceptors (Lipinski definition) is 5. The highest BCUT2D eigenvalue weighted by molar-refractivity contribution is 7.99. The summed E-state index contributed by atoms with van der Waals surface area (Å²) >= 11 is 1.22.